The molecule has 5 nitrogen and oxygen atoms in total. The zero-order chi connectivity index (χ0) is 17.8. The average molecular weight is 333 g/mol. The fraction of sp³-hybridized carbons (Fsp3) is 0.150. The molecule has 126 valence electrons. The van der Waals surface area contributed by atoms with E-state index < -0.39 is 0 Å². The number of para-hydroxylation sites is 1. The summed E-state index contributed by atoms with van der Waals surface area (Å²) in [6.45, 7) is 1.87. The van der Waals surface area contributed by atoms with E-state index in [9.17, 15) is 9.59 Å². The van der Waals surface area contributed by atoms with Crippen LogP contribution >= 0.6 is 0 Å². The molecule has 0 radical (unpaired) electrons. The Morgan fingerprint density at radius 1 is 1.04 bits per heavy atom. The maximum Gasteiger partial charge on any atom is 0.256 e. The minimum absolute atomic E-state index is 0.0458. The molecular formula is C20H19N3O2. The van der Waals surface area contributed by atoms with E-state index in [4.69, 9.17) is 0 Å². The molecule has 5 heteroatoms. The normalized spacial score (nSPS) is 10.5. The summed E-state index contributed by atoms with van der Waals surface area (Å²) in [5, 5.41) is 6.32. The number of nitrogens with one attached hydrogen (secondary N) is 2. The molecule has 0 aliphatic heterocycles. The highest BCUT2D eigenvalue weighted by molar-refractivity contribution is 6.12. The van der Waals surface area contributed by atoms with Gasteiger partial charge in [0, 0.05) is 23.8 Å². The molecule has 1 heterocycles. The van der Waals surface area contributed by atoms with Crippen molar-refractivity contribution in [2.24, 2.45) is 0 Å². The lowest BCUT2D eigenvalue weighted by atomic mass is 10.1. The average Bonchev–Trinajstić information content (AvgIpc) is 2.62. The van der Waals surface area contributed by atoms with Crippen LogP contribution in [0, 0.1) is 6.92 Å². The Hall–Kier alpha value is -3.21. The van der Waals surface area contributed by atoms with Gasteiger partial charge in [0.15, 0.2) is 0 Å². The molecule has 2 N–H and O–H groups in total. The third kappa shape index (κ3) is 3.83. The van der Waals surface area contributed by atoms with Gasteiger partial charge < -0.3 is 10.6 Å². The second kappa shape index (κ2) is 7.13. The molecule has 0 saturated carbocycles. The van der Waals surface area contributed by atoms with Gasteiger partial charge in [0.2, 0.25) is 5.91 Å². The number of hydrogen-bond donors (Lipinski definition) is 2. The largest absolute Gasteiger partial charge is 0.359 e. The summed E-state index contributed by atoms with van der Waals surface area (Å²) in [6, 6.07) is 16.6. The number of amides is 2. The van der Waals surface area contributed by atoms with Crippen LogP contribution < -0.4 is 10.6 Å². The number of anilines is 1. The second-order valence-electron chi connectivity index (χ2n) is 5.83. The Morgan fingerprint density at radius 3 is 2.48 bits per heavy atom. The van der Waals surface area contributed by atoms with E-state index in [0.717, 1.165) is 22.2 Å². The van der Waals surface area contributed by atoms with Crippen LogP contribution in [0.3, 0.4) is 0 Å². The number of rotatable bonds is 4. The summed E-state index contributed by atoms with van der Waals surface area (Å²) in [5.41, 5.74) is 3.77. The van der Waals surface area contributed by atoms with Crippen LogP contribution in [0.25, 0.3) is 10.9 Å². The first-order valence-electron chi connectivity index (χ1n) is 8.04. The fourth-order valence-corrected chi connectivity index (χ4v) is 2.67. The lowest BCUT2D eigenvalue weighted by Gasteiger charge is -2.09. The Labute approximate surface area is 146 Å². The van der Waals surface area contributed by atoms with Crippen molar-refractivity contribution in [3.8, 4) is 0 Å². The molecule has 25 heavy (non-hydrogen) atoms. The van der Waals surface area contributed by atoms with Gasteiger partial charge in [-0.1, -0.05) is 30.3 Å². The van der Waals surface area contributed by atoms with Gasteiger partial charge in [-0.3, -0.25) is 14.6 Å². The van der Waals surface area contributed by atoms with Gasteiger partial charge in [0.25, 0.3) is 5.91 Å². The molecule has 0 aliphatic rings. The Kier molecular flexibility index (Phi) is 4.75. The van der Waals surface area contributed by atoms with E-state index in [1.54, 1.807) is 25.2 Å². The van der Waals surface area contributed by atoms with Crippen LogP contribution in [-0.4, -0.2) is 23.8 Å². The van der Waals surface area contributed by atoms with Gasteiger partial charge in [-0.25, -0.2) is 0 Å². The summed E-state index contributed by atoms with van der Waals surface area (Å²) in [4.78, 5) is 28.5. The van der Waals surface area contributed by atoms with Crippen molar-refractivity contribution in [1.82, 2.24) is 10.3 Å². The molecule has 3 aromatic rings. The van der Waals surface area contributed by atoms with Crippen LogP contribution in [0.2, 0.25) is 0 Å². The molecule has 3 rings (SSSR count). The van der Waals surface area contributed by atoms with Crippen molar-refractivity contribution in [2.45, 2.75) is 13.3 Å². The fourth-order valence-electron chi connectivity index (χ4n) is 2.67. The van der Waals surface area contributed by atoms with Gasteiger partial charge in [0.05, 0.1) is 17.5 Å². The van der Waals surface area contributed by atoms with Crippen molar-refractivity contribution in [2.75, 3.05) is 12.4 Å². The number of aromatic nitrogens is 1. The predicted octanol–water partition coefficient (Wildman–Crippen LogP) is 3.08. The SMILES string of the molecule is CNC(=O)Cc1ccc(NC(=O)c2cc(C)nc3ccccc23)cc1. The topological polar surface area (TPSA) is 71.1 Å². The number of hydrogen-bond acceptors (Lipinski definition) is 3. The first-order valence-corrected chi connectivity index (χ1v) is 8.04. The lowest BCUT2D eigenvalue weighted by Crippen LogP contribution is -2.19. The minimum atomic E-state index is -0.180. The molecule has 1 aromatic heterocycles. The Bertz CT molecular complexity index is 933. The monoisotopic (exact) mass is 333 g/mol. The van der Waals surface area contributed by atoms with Crippen LogP contribution in [0.15, 0.2) is 54.6 Å². The minimum Gasteiger partial charge on any atom is -0.359 e. The molecule has 2 amide bonds. The highest BCUT2D eigenvalue weighted by atomic mass is 16.2. The zero-order valence-corrected chi connectivity index (χ0v) is 14.2. The van der Waals surface area contributed by atoms with E-state index in [-0.39, 0.29) is 11.8 Å². The molecule has 0 fully saturated rings. The molecule has 0 saturated heterocycles. The number of benzene rings is 2. The number of carbonyl (C=O) groups is 2. The maximum absolute atomic E-state index is 12.7. The van der Waals surface area contributed by atoms with Crippen molar-refractivity contribution in [1.29, 1.82) is 0 Å². The smallest absolute Gasteiger partial charge is 0.256 e. The number of pyridine rings is 1. The molecule has 0 atom stereocenters. The van der Waals surface area contributed by atoms with Gasteiger partial charge in [-0.15, -0.1) is 0 Å². The maximum atomic E-state index is 12.7. The third-order valence-corrected chi connectivity index (χ3v) is 3.94. The molecule has 0 unspecified atom stereocenters. The highest BCUT2D eigenvalue weighted by Crippen LogP contribution is 2.20. The number of likely N-dealkylation sites (N-methyl/N-ethyl adjacent to an activating group) is 1. The number of fused-ring (bicyclic) bond motifs is 1. The van der Waals surface area contributed by atoms with Gasteiger partial charge in [0.1, 0.15) is 0 Å². The van der Waals surface area contributed by atoms with Crippen LogP contribution in [-0.2, 0) is 11.2 Å². The van der Waals surface area contributed by atoms with E-state index in [0.29, 0.717) is 17.7 Å². The van der Waals surface area contributed by atoms with Crippen molar-refractivity contribution in [3.63, 3.8) is 0 Å². The Morgan fingerprint density at radius 2 is 1.76 bits per heavy atom. The van der Waals surface area contributed by atoms with Gasteiger partial charge >= 0.3 is 0 Å². The van der Waals surface area contributed by atoms with Crippen molar-refractivity contribution in [3.05, 3.63) is 71.4 Å². The molecule has 0 bridgehead atoms. The van der Waals surface area contributed by atoms with Crippen molar-refractivity contribution < 1.29 is 9.59 Å². The summed E-state index contributed by atoms with van der Waals surface area (Å²) in [7, 11) is 1.61. The van der Waals surface area contributed by atoms with Gasteiger partial charge in [-0.05, 0) is 36.8 Å². The summed E-state index contributed by atoms with van der Waals surface area (Å²) < 4.78 is 0. The van der Waals surface area contributed by atoms with E-state index >= 15 is 0 Å². The predicted molar refractivity (Wildman–Crippen MR) is 98.6 cm³/mol. The summed E-state index contributed by atoms with van der Waals surface area (Å²) in [5.74, 6) is -0.226. The van der Waals surface area contributed by atoms with Crippen LogP contribution in [0.4, 0.5) is 5.69 Å². The second-order valence-corrected chi connectivity index (χ2v) is 5.83. The zero-order valence-electron chi connectivity index (χ0n) is 14.2. The summed E-state index contributed by atoms with van der Waals surface area (Å²) in [6.07, 6.45) is 0.318. The quantitative estimate of drug-likeness (QED) is 0.771. The highest BCUT2D eigenvalue weighted by Gasteiger charge is 2.12. The third-order valence-electron chi connectivity index (χ3n) is 3.94. The lowest BCUT2D eigenvalue weighted by molar-refractivity contribution is -0.119. The van der Waals surface area contributed by atoms with Crippen molar-refractivity contribution >= 4 is 28.4 Å². The molecular weight excluding hydrogens is 314 g/mol. The first kappa shape index (κ1) is 16.6. The van der Waals surface area contributed by atoms with Gasteiger partial charge in [-0.2, -0.15) is 0 Å². The molecule has 2 aromatic carbocycles. The molecule has 0 spiro atoms. The molecule has 0 aliphatic carbocycles. The standard InChI is InChI=1S/C20H19N3O2/c1-13-11-17(16-5-3-4-6-18(16)22-13)20(25)23-15-9-7-14(8-10-15)12-19(24)21-2/h3-11H,12H2,1-2H3,(H,21,24)(H,23,25). The number of aryl methyl sites for hydroxylation is 1. The van der Waals surface area contributed by atoms with E-state index in [1.807, 2.05) is 43.3 Å². The van der Waals surface area contributed by atoms with Crippen LogP contribution in [0.1, 0.15) is 21.6 Å². The van der Waals surface area contributed by atoms with E-state index in [1.165, 1.54) is 0 Å². The summed E-state index contributed by atoms with van der Waals surface area (Å²) >= 11 is 0. The number of carbonyl (C=O) groups excluding carboxylic acids is 2. The first-order chi connectivity index (χ1) is 12.1. The number of nitrogens with zero attached hydrogens (tertiary/aromatic N) is 1. The van der Waals surface area contributed by atoms with Crippen LogP contribution in [0.5, 0.6) is 0 Å². The van der Waals surface area contributed by atoms with E-state index in [2.05, 4.69) is 15.6 Å². The Balaban J connectivity index is 1.82.